The second kappa shape index (κ2) is 6.10. The highest BCUT2D eigenvalue weighted by atomic mass is 35.5. The second-order valence-corrected chi connectivity index (χ2v) is 4.69. The van der Waals surface area contributed by atoms with E-state index in [-0.39, 0.29) is 10.6 Å². The highest BCUT2D eigenvalue weighted by Crippen LogP contribution is 2.32. The Bertz CT molecular complexity index is 381. The van der Waals surface area contributed by atoms with Crippen LogP contribution in [-0.2, 0) is 13.5 Å². The van der Waals surface area contributed by atoms with E-state index in [2.05, 4.69) is 5.10 Å². The fraction of sp³-hybridized carbons (Fsp3) is 0.667. The number of alkyl halides is 1. The Labute approximate surface area is 103 Å². The average Bonchev–Trinajstić information content (AvgIpc) is 2.56. The summed E-state index contributed by atoms with van der Waals surface area (Å²) >= 11 is 7.01. The molecule has 0 unspecified atom stereocenters. The summed E-state index contributed by atoms with van der Waals surface area (Å²) in [5.41, 5.74) is 0.686. The minimum Gasteiger partial charge on any atom is -0.258 e. The number of rotatable bonds is 6. The van der Waals surface area contributed by atoms with Gasteiger partial charge in [0.2, 0.25) is 0 Å². The normalized spacial score (nSPS) is 10.7. The third-order valence-corrected chi connectivity index (χ3v) is 3.57. The van der Waals surface area contributed by atoms with E-state index in [4.69, 9.17) is 11.6 Å². The van der Waals surface area contributed by atoms with Gasteiger partial charge in [0, 0.05) is 18.7 Å². The molecule has 0 saturated carbocycles. The average molecular weight is 264 g/mol. The summed E-state index contributed by atoms with van der Waals surface area (Å²) in [7, 11) is 1.73. The van der Waals surface area contributed by atoms with Gasteiger partial charge in [-0.15, -0.1) is 11.6 Å². The van der Waals surface area contributed by atoms with Crippen LogP contribution in [0.5, 0.6) is 0 Å². The summed E-state index contributed by atoms with van der Waals surface area (Å²) in [6, 6.07) is 0. The zero-order valence-electron chi connectivity index (χ0n) is 9.27. The molecule has 0 bridgehead atoms. The molecule has 0 fully saturated rings. The van der Waals surface area contributed by atoms with Crippen LogP contribution in [0.4, 0.5) is 5.69 Å². The van der Waals surface area contributed by atoms with E-state index in [1.54, 1.807) is 11.7 Å². The number of thioether (sulfide) groups is 1. The Hall–Kier alpha value is -0.750. The Morgan fingerprint density at radius 1 is 1.62 bits per heavy atom. The number of nitro groups is 1. The lowest BCUT2D eigenvalue weighted by Crippen LogP contribution is -1.95. The van der Waals surface area contributed by atoms with Crippen molar-refractivity contribution >= 4 is 29.1 Å². The molecule has 90 valence electrons. The molecule has 16 heavy (non-hydrogen) atoms. The van der Waals surface area contributed by atoms with Crippen molar-refractivity contribution in [3.8, 4) is 0 Å². The third kappa shape index (κ3) is 2.89. The molecular weight excluding hydrogens is 250 g/mol. The van der Waals surface area contributed by atoms with Crippen LogP contribution >= 0.6 is 23.4 Å². The topological polar surface area (TPSA) is 61.0 Å². The van der Waals surface area contributed by atoms with Gasteiger partial charge in [0.25, 0.3) is 0 Å². The molecule has 0 radical (unpaired) electrons. The van der Waals surface area contributed by atoms with Crippen LogP contribution < -0.4 is 0 Å². The van der Waals surface area contributed by atoms with Crippen molar-refractivity contribution in [3.63, 3.8) is 0 Å². The Balaban J connectivity index is 2.96. The van der Waals surface area contributed by atoms with Crippen molar-refractivity contribution in [1.82, 2.24) is 9.78 Å². The van der Waals surface area contributed by atoms with Gasteiger partial charge < -0.3 is 0 Å². The number of hydrogen-bond donors (Lipinski definition) is 0. The fourth-order valence-corrected chi connectivity index (χ4v) is 2.69. The minimum absolute atomic E-state index is 0.143. The Kier molecular flexibility index (Phi) is 5.08. The first-order valence-corrected chi connectivity index (χ1v) is 6.52. The maximum Gasteiger partial charge on any atom is 0.323 e. The summed E-state index contributed by atoms with van der Waals surface area (Å²) in [4.78, 5) is 10.6. The highest BCUT2D eigenvalue weighted by Gasteiger charge is 2.25. The molecule has 1 aromatic rings. The Morgan fingerprint density at radius 2 is 2.31 bits per heavy atom. The van der Waals surface area contributed by atoms with E-state index in [1.165, 1.54) is 11.8 Å². The monoisotopic (exact) mass is 263 g/mol. The third-order valence-electron chi connectivity index (χ3n) is 2.07. The zero-order chi connectivity index (χ0) is 12.1. The molecule has 0 saturated heterocycles. The molecule has 5 nitrogen and oxygen atoms in total. The minimum atomic E-state index is -0.352. The van der Waals surface area contributed by atoms with Gasteiger partial charge in [0.15, 0.2) is 5.03 Å². The van der Waals surface area contributed by atoms with E-state index in [1.807, 2.05) is 6.92 Å². The van der Waals surface area contributed by atoms with Gasteiger partial charge in [-0.2, -0.15) is 5.10 Å². The van der Waals surface area contributed by atoms with Gasteiger partial charge in [-0.25, -0.2) is 0 Å². The van der Waals surface area contributed by atoms with Crippen LogP contribution in [0.25, 0.3) is 0 Å². The number of aryl methyl sites for hydroxylation is 2. The van der Waals surface area contributed by atoms with Crippen LogP contribution in [0, 0.1) is 10.1 Å². The molecule has 0 aliphatic rings. The molecule has 0 spiro atoms. The lowest BCUT2D eigenvalue weighted by atomic mass is 10.3. The van der Waals surface area contributed by atoms with Crippen molar-refractivity contribution < 1.29 is 4.92 Å². The van der Waals surface area contributed by atoms with Crippen LogP contribution in [0.2, 0.25) is 0 Å². The number of hydrogen-bond acceptors (Lipinski definition) is 4. The molecule has 0 aromatic carbocycles. The molecule has 7 heteroatoms. The lowest BCUT2D eigenvalue weighted by molar-refractivity contribution is -0.388. The standard InChI is InChI=1S/C9H14ClN3O2S/c1-3-7-8(13(14)15)9(12(2)11-7)16-6-4-5-10/h3-6H2,1-2H3. The van der Waals surface area contributed by atoms with Crippen molar-refractivity contribution in [1.29, 1.82) is 0 Å². The van der Waals surface area contributed by atoms with Gasteiger partial charge in [-0.3, -0.25) is 14.8 Å². The summed E-state index contributed by atoms with van der Waals surface area (Å²) in [6.45, 7) is 1.86. The van der Waals surface area contributed by atoms with Gasteiger partial charge in [0.05, 0.1) is 4.92 Å². The Morgan fingerprint density at radius 3 is 2.81 bits per heavy atom. The van der Waals surface area contributed by atoms with E-state index in [0.717, 1.165) is 12.2 Å². The van der Waals surface area contributed by atoms with Crippen molar-refractivity contribution in [3.05, 3.63) is 15.8 Å². The smallest absolute Gasteiger partial charge is 0.258 e. The molecule has 1 heterocycles. The lowest BCUT2D eigenvalue weighted by Gasteiger charge is -1.99. The van der Waals surface area contributed by atoms with Crippen molar-refractivity contribution in [2.75, 3.05) is 11.6 Å². The van der Waals surface area contributed by atoms with Gasteiger partial charge >= 0.3 is 5.69 Å². The quantitative estimate of drug-likeness (QED) is 0.260. The molecule has 0 atom stereocenters. The SMILES string of the molecule is CCc1nn(C)c(SCCCCl)c1[N+](=O)[O-]. The van der Waals surface area contributed by atoms with E-state index >= 15 is 0 Å². The van der Waals surface area contributed by atoms with Gasteiger partial charge in [-0.1, -0.05) is 18.7 Å². The predicted octanol–water partition coefficient (Wildman–Crippen LogP) is 2.61. The molecule has 0 aliphatic carbocycles. The van der Waals surface area contributed by atoms with Gasteiger partial charge in [-0.05, 0) is 12.8 Å². The highest BCUT2D eigenvalue weighted by molar-refractivity contribution is 7.99. The first-order valence-electron chi connectivity index (χ1n) is 5.00. The van der Waals surface area contributed by atoms with Crippen LogP contribution in [0.3, 0.4) is 0 Å². The summed E-state index contributed by atoms with van der Waals surface area (Å²) in [5.74, 6) is 1.34. The maximum absolute atomic E-state index is 11.0. The zero-order valence-corrected chi connectivity index (χ0v) is 10.8. The number of nitrogens with zero attached hydrogens (tertiary/aromatic N) is 3. The van der Waals surface area contributed by atoms with Crippen LogP contribution in [0.15, 0.2) is 5.03 Å². The molecule has 0 aliphatic heterocycles. The van der Waals surface area contributed by atoms with E-state index in [0.29, 0.717) is 23.0 Å². The van der Waals surface area contributed by atoms with E-state index < -0.39 is 0 Å². The molecular formula is C9H14ClN3O2S. The van der Waals surface area contributed by atoms with E-state index in [9.17, 15) is 10.1 Å². The second-order valence-electron chi connectivity index (χ2n) is 3.23. The largest absolute Gasteiger partial charge is 0.323 e. The summed E-state index contributed by atoms with van der Waals surface area (Å²) in [5, 5.41) is 15.7. The summed E-state index contributed by atoms with van der Waals surface area (Å²) in [6.07, 6.45) is 1.40. The van der Waals surface area contributed by atoms with Crippen molar-refractivity contribution in [2.24, 2.45) is 7.05 Å². The predicted molar refractivity (Wildman–Crippen MR) is 65.3 cm³/mol. The number of halogens is 1. The molecule has 1 rings (SSSR count). The van der Waals surface area contributed by atoms with Crippen LogP contribution in [-0.4, -0.2) is 26.3 Å². The van der Waals surface area contributed by atoms with Crippen LogP contribution in [0.1, 0.15) is 19.0 Å². The number of aromatic nitrogens is 2. The first-order chi connectivity index (χ1) is 7.61. The first kappa shape index (κ1) is 13.3. The fourth-order valence-electron chi connectivity index (χ4n) is 1.36. The summed E-state index contributed by atoms with van der Waals surface area (Å²) < 4.78 is 1.58. The maximum atomic E-state index is 11.0. The molecule has 0 amide bonds. The molecule has 0 N–H and O–H groups in total. The van der Waals surface area contributed by atoms with Gasteiger partial charge in [0.1, 0.15) is 5.69 Å². The molecule has 1 aromatic heterocycles. The van der Waals surface area contributed by atoms with Crippen molar-refractivity contribution in [2.45, 2.75) is 24.8 Å².